The van der Waals surface area contributed by atoms with Gasteiger partial charge in [0.05, 0.1) is 5.69 Å². The molecule has 0 saturated carbocycles. The average molecular weight is 325 g/mol. The second-order valence-corrected chi connectivity index (χ2v) is 6.02. The summed E-state index contributed by atoms with van der Waals surface area (Å²) >= 11 is 0. The molecule has 0 aliphatic heterocycles. The van der Waals surface area contributed by atoms with E-state index in [4.69, 9.17) is 11.5 Å². The van der Waals surface area contributed by atoms with E-state index in [0.29, 0.717) is 0 Å². The number of rotatable bonds is 3. The Morgan fingerprint density at radius 1 is 0.520 bits per heavy atom. The van der Waals surface area contributed by atoms with Crippen LogP contribution in [0.4, 0.5) is 28.4 Å². The van der Waals surface area contributed by atoms with Crippen molar-refractivity contribution in [1.29, 1.82) is 0 Å². The fourth-order valence-corrected chi connectivity index (χ4v) is 3.08. The first-order valence-corrected chi connectivity index (χ1v) is 8.21. The van der Waals surface area contributed by atoms with E-state index >= 15 is 0 Å². The van der Waals surface area contributed by atoms with Crippen LogP contribution in [-0.4, -0.2) is 0 Å². The minimum Gasteiger partial charge on any atom is -0.399 e. The molecule has 3 nitrogen and oxygen atoms in total. The SMILES string of the molecule is Nc1ccc(N(c2ccc(N)cc2)c2cccc3ccccc23)cc1. The van der Waals surface area contributed by atoms with Crippen molar-refractivity contribution < 1.29 is 0 Å². The molecular formula is C22H19N3. The summed E-state index contributed by atoms with van der Waals surface area (Å²) in [6.07, 6.45) is 0. The fourth-order valence-electron chi connectivity index (χ4n) is 3.08. The van der Waals surface area contributed by atoms with Gasteiger partial charge in [0, 0.05) is 28.1 Å². The number of nitrogens with two attached hydrogens (primary N) is 2. The first-order chi connectivity index (χ1) is 12.2. The van der Waals surface area contributed by atoms with Crippen molar-refractivity contribution in [1.82, 2.24) is 0 Å². The Bertz CT molecular complexity index is 955. The van der Waals surface area contributed by atoms with Crippen molar-refractivity contribution in [2.45, 2.75) is 0 Å². The molecular weight excluding hydrogens is 306 g/mol. The molecule has 0 spiro atoms. The zero-order valence-corrected chi connectivity index (χ0v) is 13.8. The summed E-state index contributed by atoms with van der Waals surface area (Å²) in [6, 6.07) is 30.6. The van der Waals surface area contributed by atoms with Gasteiger partial charge in [-0.3, -0.25) is 0 Å². The average Bonchev–Trinajstić information content (AvgIpc) is 2.65. The highest BCUT2D eigenvalue weighted by Gasteiger charge is 2.14. The van der Waals surface area contributed by atoms with E-state index in [0.717, 1.165) is 28.4 Å². The molecule has 122 valence electrons. The predicted molar refractivity (Wildman–Crippen MR) is 107 cm³/mol. The lowest BCUT2D eigenvalue weighted by Gasteiger charge is -2.27. The molecule has 25 heavy (non-hydrogen) atoms. The second-order valence-electron chi connectivity index (χ2n) is 6.02. The van der Waals surface area contributed by atoms with E-state index in [1.54, 1.807) is 0 Å². The molecule has 4 rings (SSSR count). The molecule has 3 heteroatoms. The van der Waals surface area contributed by atoms with Crippen LogP contribution in [0.25, 0.3) is 10.8 Å². The Morgan fingerprint density at radius 2 is 1.04 bits per heavy atom. The zero-order chi connectivity index (χ0) is 17.2. The Morgan fingerprint density at radius 3 is 1.64 bits per heavy atom. The van der Waals surface area contributed by atoms with Gasteiger partial charge in [-0.2, -0.15) is 0 Å². The van der Waals surface area contributed by atoms with E-state index < -0.39 is 0 Å². The molecule has 0 atom stereocenters. The molecule has 0 aliphatic rings. The van der Waals surface area contributed by atoms with Crippen LogP contribution in [0.15, 0.2) is 91.0 Å². The molecule has 0 radical (unpaired) electrons. The summed E-state index contributed by atoms with van der Waals surface area (Å²) in [5, 5.41) is 2.40. The lowest BCUT2D eigenvalue weighted by Crippen LogP contribution is -2.10. The third-order valence-corrected chi connectivity index (χ3v) is 4.31. The molecule has 0 aliphatic carbocycles. The van der Waals surface area contributed by atoms with Gasteiger partial charge in [-0.25, -0.2) is 0 Å². The van der Waals surface area contributed by atoms with Crippen LogP contribution in [0.5, 0.6) is 0 Å². The topological polar surface area (TPSA) is 55.3 Å². The highest BCUT2D eigenvalue weighted by molar-refractivity contribution is 5.98. The van der Waals surface area contributed by atoms with Gasteiger partial charge in [-0.15, -0.1) is 0 Å². The summed E-state index contributed by atoms with van der Waals surface area (Å²) in [6.45, 7) is 0. The fraction of sp³-hybridized carbons (Fsp3) is 0. The first kappa shape index (κ1) is 15.1. The van der Waals surface area contributed by atoms with Crippen LogP contribution < -0.4 is 16.4 Å². The van der Waals surface area contributed by atoms with Crippen LogP contribution in [0.1, 0.15) is 0 Å². The van der Waals surface area contributed by atoms with Gasteiger partial charge in [0.15, 0.2) is 0 Å². The Kier molecular flexibility index (Phi) is 3.75. The molecule has 0 saturated heterocycles. The molecule has 0 bridgehead atoms. The number of nitrogen functional groups attached to an aromatic ring is 2. The molecule has 4 aromatic rings. The number of fused-ring (bicyclic) bond motifs is 1. The van der Waals surface area contributed by atoms with E-state index in [1.165, 1.54) is 10.8 Å². The highest BCUT2D eigenvalue weighted by Crippen LogP contribution is 2.38. The molecule has 4 N–H and O–H groups in total. The van der Waals surface area contributed by atoms with Crippen LogP contribution in [-0.2, 0) is 0 Å². The summed E-state index contributed by atoms with van der Waals surface area (Å²) in [5.74, 6) is 0. The minimum atomic E-state index is 0.749. The van der Waals surface area contributed by atoms with E-state index in [2.05, 4.69) is 47.4 Å². The summed E-state index contributed by atoms with van der Waals surface area (Å²) in [5.41, 5.74) is 16.5. The Balaban J connectivity index is 1.96. The smallest absolute Gasteiger partial charge is 0.0540 e. The van der Waals surface area contributed by atoms with Gasteiger partial charge in [0.2, 0.25) is 0 Å². The number of anilines is 5. The van der Waals surface area contributed by atoms with Gasteiger partial charge in [0.25, 0.3) is 0 Å². The number of benzene rings is 4. The molecule has 0 amide bonds. The second kappa shape index (κ2) is 6.21. The first-order valence-electron chi connectivity index (χ1n) is 8.21. The molecule has 0 aromatic heterocycles. The Hall–Kier alpha value is -3.46. The number of hydrogen-bond donors (Lipinski definition) is 2. The molecule has 4 aromatic carbocycles. The van der Waals surface area contributed by atoms with Gasteiger partial charge < -0.3 is 16.4 Å². The third-order valence-electron chi connectivity index (χ3n) is 4.31. The number of nitrogens with zero attached hydrogens (tertiary/aromatic N) is 1. The van der Waals surface area contributed by atoms with Crippen molar-refractivity contribution in [3.05, 3.63) is 91.0 Å². The van der Waals surface area contributed by atoms with Crippen LogP contribution >= 0.6 is 0 Å². The highest BCUT2D eigenvalue weighted by atomic mass is 15.1. The largest absolute Gasteiger partial charge is 0.399 e. The predicted octanol–water partition coefficient (Wildman–Crippen LogP) is 5.47. The standard InChI is InChI=1S/C22H19N3/c23-17-8-12-19(13-9-17)25(20-14-10-18(24)11-15-20)22-7-3-5-16-4-1-2-6-21(16)22/h1-15H,23-24H2. The maximum atomic E-state index is 5.88. The van der Waals surface area contributed by atoms with Gasteiger partial charge in [-0.05, 0) is 60.0 Å². The van der Waals surface area contributed by atoms with Gasteiger partial charge in [-0.1, -0.05) is 36.4 Å². The number of hydrogen-bond acceptors (Lipinski definition) is 3. The van der Waals surface area contributed by atoms with Gasteiger partial charge >= 0.3 is 0 Å². The van der Waals surface area contributed by atoms with Crippen molar-refractivity contribution in [2.24, 2.45) is 0 Å². The Labute approximate surface area is 147 Å². The van der Waals surface area contributed by atoms with Crippen molar-refractivity contribution in [2.75, 3.05) is 16.4 Å². The van der Waals surface area contributed by atoms with E-state index in [1.807, 2.05) is 48.5 Å². The van der Waals surface area contributed by atoms with Crippen molar-refractivity contribution >= 4 is 39.2 Å². The van der Waals surface area contributed by atoms with Gasteiger partial charge in [0.1, 0.15) is 0 Å². The van der Waals surface area contributed by atoms with Crippen LogP contribution in [0, 0.1) is 0 Å². The maximum absolute atomic E-state index is 5.88. The van der Waals surface area contributed by atoms with E-state index in [-0.39, 0.29) is 0 Å². The lowest BCUT2D eigenvalue weighted by molar-refractivity contribution is 1.30. The monoisotopic (exact) mass is 325 g/mol. The minimum absolute atomic E-state index is 0.749. The molecule has 0 fully saturated rings. The zero-order valence-electron chi connectivity index (χ0n) is 13.8. The molecule has 0 heterocycles. The summed E-state index contributed by atoms with van der Waals surface area (Å²) < 4.78 is 0. The maximum Gasteiger partial charge on any atom is 0.0540 e. The lowest BCUT2D eigenvalue weighted by atomic mass is 10.1. The summed E-state index contributed by atoms with van der Waals surface area (Å²) in [7, 11) is 0. The quantitative estimate of drug-likeness (QED) is 0.491. The van der Waals surface area contributed by atoms with Crippen molar-refractivity contribution in [3.8, 4) is 0 Å². The van der Waals surface area contributed by atoms with Crippen molar-refractivity contribution in [3.63, 3.8) is 0 Å². The third kappa shape index (κ3) is 2.88. The van der Waals surface area contributed by atoms with Crippen LogP contribution in [0.2, 0.25) is 0 Å². The van der Waals surface area contributed by atoms with E-state index in [9.17, 15) is 0 Å². The normalized spacial score (nSPS) is 10.7. The summed E-state index contributed by atoms with van der Waals surface area (Å²) in [4.78, 5) is 2.22. The molecule has 0 unspecified atom stereocenters. The van der Waals surface area contributed by atoms with Crippen LogP contribution in [0.3, 0.4) is 0 Å².